The lowest BCUT2D eigenvalue weighted by molar-refractivity contribution is -0.122. The van der Waals surface area contributed by atoms with Gasteiger partial charge < -0.3 is 15.8 Å². The first-order valence-electron chi connectivity index (χ1n) is 6.28. The molecule has 0 aromatic carbocycles. The lowest BCUT2D eigenvalue weighted by atomic mass is 10.0. The van der Waals surface area contributed by atoms with E-state index in [1.165, 1.54) is 11.3 Å². The highest BCUT2D eigenvalue weighted by Gasteiger charge is 2.18. The quantitative estimate of drug-likeness (QED) is 0.761. The van der Waals surface area contributed by atoms with Crippen molar-refractivity contribution in [2.45, 2.75) is 25.7 Å². The van der Waals surface area contributed by atoms with Crippen molar-refractivity contribution >= 4 is 22.4 Å². The van der Waals surface area contributed by atoms with Gasteiger partial charge in [0, 0.05) is 31.6 Å². The van der Waals surface area contributed by atoms with E-state index in [9.17, 15) is 4.79 Å². The van der Waals surface area contributed by atoms with Gasteiger partial charge in [-0.1, -0.05) is 0 Å². The maximum Gasteiger partial charge on any atom is 0.220 e. The lowest BCUT2D eigenvalue weighted by Gasteiger charge is -2.08. The first-order valence-corrected chi connectivity index (χ1v) is 7.16. The van der Waals surface area contributed by atoms with Crippen LogP contribution in [-0.4, -0.2) is 30.6 Å². The van der Waals surface area contributed by atoms with Gasteiger partial charge in [0.05, 0.1) is 5.69 Å². The van der Waals surface area contributed by atoms with Gasteiger partial charge in [-0.2, -0.15) is 0 Å². The number of amides is 1. The maximum absolute atomic E-state index is 11.6. The van der Waals surface area contributed by atoms with Crippen LogP contribution in [0, 0.1) is 5.92 Å². The number of aromatic nitrogens is 1. The summed E-state index contributed by atoms with van der Waals surface area (Å²) >= 11 is 1.46. The van der Waals surface area contributed by atoms with E-state index < -0.39 is 0 Å². The molecule has 2 rings (SSSR count). The van der Waals surface area contributed by atoms with Crippen molar-refractivity contribution in [1.82, 2.24) is 10.3 Å². The van der Waals surface area contributed by atoms with Crippen molar-refractivity contribution in [3.8, 4) is 0 Å². The van der Waals surface area contributed by atoms with Gasteiger partial charge in [-0.25, -0.2) is 4.98 Å². The Labute approximate surface area is 111 Å². The molecule has 1 aliphatic heterocycles. The number of hydrogen-bond acceptors (Lipinski definition) is 5. The van der Waals surface area contributed by atoms with Gasteiger partial charge >= 0.3 is 0 Å². The summed E-state index contributed by atoms with van der Waals surface area (Å²) in [6.45, 7) is 2.22. The van der Waals surface area contributed by atoms with E-state index in [4.69, 9.17) is 10.5 Å². The predicted molar refractivity (Wildman–Crippen MR) is 71.4 cm³/mol. The first-order chi connectivity index (χ1) is 8.74. The molecular formula is C12H19N3O2S. The minimum absolute atomic E-state index is 0.128. The van der Waals surface area contributed by atoms with Crippen LogP contribution in [0.2, 0.25) is 0 Å². The highest BCUT2D eigenvalue weighted by Crippen LogP contribution is 2.16. The third-order valence-electron chi connectivity index (χ3n) is 3.00. The zero-order chi connectivity index (χ0) is 12.8. The van der Waals surface area contributed by atoms with E-state index in [0.717, 1.165) is 38.2 Å². The summed E-state index contributed by atoms with van der Waals surface area (Å²) in [5, 5.41) is 5.51. The van der Waals surface area contributed by atoms with Crippen LogP contribution in [0.1, 0.15) is 25.0 Å². The van der Waals surface area contributed by atoms with Crippen molar-refractivity contribution in [3.63, 3.8) is 0 Å². The number of aryl methyl sites for hydroxylation is 1. The van der Waals surface area contributed by atoms with Gasteiger partial charge in [-0.15, -0.1) is 11.3 Å². The molecule has 1 aromatic rings. The average Bonchev–Trinajstić information content (AvgIpc) is 2.96. The van der Waals surface area contributed by atoms with Gasteiger partial charge in [-0.05, 0) is 25.2 Å². The zero-order valence-electron chi connectivity index (χ0n) is 10.4. The van der Waals surface area contributed by atoms with E-state index in [-0.39, 0.29) is 5.91 Å². The third kappa shape index (κ3) is 4.27. The molecule has 1 saturated heterocycles. The molecule has 1 atom stereocenters. The molecule has 100 valence electrons. The fourth-order valence-electron chi connectivity index (χ4n) is 2.01. The first kappa shape index (κ1) is 13.3. The Hall–Kier alpha value is -1.14. The standard InChI is InChI=1S/C12H19N3O2S/c13-12-15-10(8-18-12)2-1-4-14-11(16)6-9-3-5-17-7-9/h8-9H,1-7H2,(H2,13,15)(H,14,16)/t9-/m0/s1. The van der Waals surface area contributed by atoms with Crippen LogP contribution in [0.4, 0.5) is 5.13 Å². The van der Waals surface area contributed by atoms with Gasteiger partial charge in [0.2, 0.25) is 5.91 Å². The van der Waals surface area contributed by atoms with E-state index >= 15 is 0 Å². The molecule has 1 fully saturated rings. The fraction of sp³-hybridized carbons (Fsp3) is 0.667. The molecule has 1 aromatic heterocycles. The summed E-state index contributed by atoms with van der Waals surface area (Å²) in [6.07, 6.45) is 3.35. The van der Waals surface area contributed by atoms with Crippen LogP contribution in [0.3, 0.4) is 0 Å². The maximum atomic E-state index is 11.6. The number of rotatable bonds is 6. The molecular weight excluding hydrogens is 250 g/mol. The number of carbonyl (C=O) groups is 1. The Balaban J connectivity index is 1.56. The van der Waals surface area contributed by atoms with Crippen molar-refractivity contribution < 1.29 is 9.53 Å². The number of nitrogens with two attached hydrogens (primary N) is 1. The van der Waals surface area contributed by atoms with Gasteiger partial charge in [0.1, 0.15) is 0 Å². The molecule has 1 aliphatic rings. The summed E-state index contributed by atoms with van der Waals surface area (Å²) in [4.78, 5) is 15.8. The van der Waals surface area contributed by atoms with Crippen LogP contribution < -0.4 is 11.1 Å². The molecule has 2 heterocycles. The summed E-state index contributed by atoms with van der Waals surface area (Å²) < 4.78 is 5.24. The second kappa shape index (κ2) is 6.70. The van der Waals surface area contributed by atoms with Crippen molar-refractivity contribution in [1.29, 1.82) is 0 Å². The minimum atomic E-state index is 0.128. The molecule has 1 amide bonds. The lowest BCUT2D eigenvalue weighted by Crippen LogP contribution is -2.27. The highest BCUT2D eigenvalue weighted by atomic mass is 32.1. The number of ether oxygens (including phenoxy) is 1. The minimum Gasteiger partial charge on any atom is -0.381 e. The molecule has 18 heavy (non-hydrogen) atoms. The van der Waals surface area contributed by atoms with Crippen LogP contribution in [-0.2, 0) is 16.0 Å². The number of nitrogen functional groups attached to an aromatic ring is 1. The number of carbonyl (C=O) groups excluding carboxylic acids is 1. The number of anilines is 1. The number of thiazole rings is 1. The van der Waals surface area contributed by atoms with Gasteiger partial charge in [-0.3, -0.25) is 4.79 Å². The molecule has 0 radical (unpaired) electrons. The van der Waals surface area contributed by atoms with Crippen LogP contribution in [0.25, 0.3) is 0 Å². The molecule has 0 aliphatic carbocycles. The summed E-state index contributed by atoms with van der Waals surface area (Å²) in [5.41, 5.74) is 6.56. The van der Waals surface area contributed by atoms with E-state index in [2.05, 4.69) is 10.3 Å². The van der Waals surface area contributed by atoms with Crippen molar-refractivity contribution in [2.24, 2.45) is 5.92 Å². The van der Waals surface area contributed by atoms with Gasteiger partial charge in [0.15, 0.2) is 5.13 Å². The van der Waals surface area contributed by atoms with E-state index in [1.807, 2.05) is 5.38 Å². The monoisotopic (exact) mass is 269 g/mol. The third-order valence-corrected chi connectivity index (χ3v) is 3.72. The molecule has 6 heteroatoms. The number of nitrogens with zero attached hydrogens (tertiary/aromatic N) is 1. The fourth-order valence-corrected chi connectivity index (χ4v) is 2.61. The Kier molecular flexibility index (Phi) is 4.95. The predicted octanol–water partition coefficient (Wildman–Crippen LogP) is 1.20. The molecule has 0 unspecified atom stereocenters. The molecule has 5 nitrogen and oxygen atoms in total. The topological polar surface area (TPSA) is 77.2 Å². The van der Waals surface area contributed by atoms with Crippen LogP contribution >= 0.6 is 11.3 Å². The molecule has 3 N–H and O–H groups in total. The molecule has 0 bridgehead atoms. The Morgan fingerprint density at radius 3 is 3.22 bits per heavy atom. The normalized spacial score (nSPS) is 19.0. The van der Waals surface area contributed by atoms with E-state index in [0.29, 0.717) is 24.0 Å². The second-order valence-corrected chi connectivity index (χ2v) is 5.45. The van der Waals surface area contributed by atoms with Crippen LogP contribution in [0.15, 0.2) is 5.38 Å². The number of nitrogens with one attached hydrogen (secondary N) is 1. The molecule has 0 saturated carbocycles. The zero-order valence-corrected chi connectivity index (χ0v) is 11.2. The van der Waals surface area contributed by atoms with Gasteiger partial charge in [0.25, 0.3) is 0 Å². The van der Waals surface area contributed by atoms with Crippen molar-refractivity contribution in [2.75, 3.05) is 25.5 Å². The largest absolute Gasteiger partial charge is 0.381 e. The van der Waals surface area contributed by atoms with Crippen molar-refractivity contribution in [3.05, 3.63) is 11.1 Å². The Bertz CT molecular complexity index is 388. The second-order valence-electron chi connectivity index (χ2n) is 4.56. The average molecular weight is 269 g/mol. The van der Waals surface area contributed by atoms with Crippen LogP contribution in [0.5, 0.6) is 0 Å². The molecule has 0 spiro atoms. The SMILES string of the molecule is Nc1nc(CCCNC(=O)C[C@@H]2CCOC2)cs1. The Morgan fingerprint density at radius 2 is 2.56 bits per heavy atom. The smallest absolute Gasteiger partial charge is 0.220 e. The highest BCUT2D eigenvalue weighted by molar-refractivity contribution is 7.13. The van der Waals surface area contributed by atoms with E-state index in [1.54, 1.807) is 0 Å². The Morgan fingerprint density at radius 1 is 1.67 bits per heavy atom. The summed E-state index contributed by atoms with van der Waals surface area (Å²) in [7, 11) is 0. The summed E-state index contributed by atoms with van der Waals surface area (Å²) in [6, 6.07) is 0. The summed E-state index contributed by atoms with van der Waals surface area (Å²) in [5.74, 6) is 0.534. The number of hydrogen-bond donors (Lipinski definition) is 2.